The van der Waals surface area contributed by atoms with Crippen LogP contribution in [-0.2, 0) is 11.3 Å². The lowest BCUT2D eigenvalue weighted by Crippen LogP contribution is -2.48. The Morgan fingerprint density at radius 2 is 2.06 bits per heavy atom. The maximum atomic E-state index is 11.5. The van der Waals surface area contributed by atoms with Gasteiger partial charge in [0.15, 0.2) is 0 Å². The number of carbonyl (C=O) groups is 1. The fourth-order valence-corrected chi connectivity index (χ4v) is 2.86. The van der Waals surface area contributed by atoms with Gasteiger partial charge in [-0.2, -0.15) is 0 Å². The molecule has 6 heteroatoms. The summed E-state index contributed by atoms with van der Waals surface area (Å²) in [4.78, 5) is 20.3. The first-order valence-corrected chi connectivity index (χ1v) is 6.98. The molecule has 1 aromatic heterocycles. The molecule has 0 bridgehead atoms. The third-order valence-electron chi connectivity index (χ3n) is 3.05. The summed E-state index contributed by atoms with van der Waals surface area (Å²) < 4.78 is 0. The number of aryl methyl sites for hydroxylation is 1. The summed E-state index contributed by atoms with van der Waals surface area (Å²) in [6.07, 6.45) is 0.617. The predicted molar refractivity (Wildman–Crippen MR) is 76.2 cm³/mol. The van der Waals surface area contributed by atoms with Gasteiger partial charge in [0.1, 0.15) is 5.01 Å². The third-order valence-corrected chi connectivity index (χ3v) is 4.00. The number of halogens is 1. The van der Waals surface area contributed by atoms with Gasteiger partial charge in [0.25, 0.3) is 0 Å². The van der Waals surface area contributed by atoms with Gasteiger partial charge in [-0.3, -0.25) is 9.69 Å². The van der Waals surface area contributed by atoms with E-state index in [1.807, 2.05) is 18.7 Å². The summed E-state index contributed by atoms with van der Waals surface area (Å²) in [6, 6.07) is 0. The first-order chi connectivity index (χ1) is 8.19. The molecular weight excluding hydrogens is 270 g/mol. The summed E-state index contributed by atoms with van der Waals surface area (Å²) in [5.41, 5.74) is 1.10. The van der Waals surface area contributed by atoms with Gasteiger partial charge >= 0.3 is 0 Å². The highest BCUT2D eigenvalue weighted by atomic mass is 35.5. The van der Waals surface area contributed by atoms with Gasteiger partial charge in [0.05, 0.1) is 6.54 Å². The standard InChI is InChI=1S/C12H19N3OS.ClH/c1-3-12(16)15-6-4-14(5-7-15)8-11-13-10(2)9-17-11;/h9H,3-8H2,1-2H3;1H. The van der Waals surface area contributed by atoms with Crippen LogP contribution in [0.1, 0.15) is 24.0 Å². The molecule has 2 rings (SSSR count). The SMILES string of the molecule is CCC(=O)N1CCN(Cc2nc(C)cs2)CC1.Cl. The number of amides is 1. The van der Waals surface area contributed by atoms with E-state index in [2.05, 4.69) is 15.3 Å². The maximum absolute atomic E-state index is 11.5. The molecule has 1 aliphatic rings. The molecule has 1 amide bonds. The molecule has 0 atom stereocenters. The smallest absolute Gasteiger partial charge is 0.222 e. The fraction of sp³-hybridized carbons (Fsp3) is 0.667. The molecule has 1 aromatic rings. The van der Waals surface area contributed by atoms with E-state index >= 15 is 0 Å². The molecular formula is C12H20ClN3OS. The molecule has 4 nitrogen and oxygen atoms in total. The molecule has 0 aromatic carbocycles. The van der Waals surface area contributed by atoms with Crippen LogP contribution < -0.4 is 0 Å². The molecule has 0 spiro atoms. The van der Waals surface area contributed by atoms with Crippen molar-refractivity contribution < 1.29 is 4.79 Å². The van der Waals surface area contributed by atoms with Crippen molar-refractivity contribution in [1.29, 1.82) is 0 Å². The Bertz CT molecular complexity index is 388. The second-order valence-corrected chi connectivity index (χ2v) is 5.34. The lowest BCUT2D eigenvalue weighted by atomic mass is 10.3. The number of hydrogen-bond acceptors (Lipinski definition) is 4. The minimum Gasteiger partial charge on any atom is -0.340 e. The minimum atomic E-state index is 0. The number of aromatic nitrogens is 1. The van der Waals surface area contributed by atoms with E-state index in [1.54, 1.807) is 11.3 Å². The number of rotatable bonds is 3. The van der Waals surface area contributed by atoms with Crippen molar-refractivity contribution in [2.75, 3.05) is 26.2 Å². The van der Waals surface area contributed by atoms with Gasteiger partial charge in [-0.05, 0) is 6.92 Å². The molecule has 18 heavy (non-hydrogen) atoms. The Morgan fingerprint density at radius 1 is 1.39 bits per heavy atom. The van der Waals surface area contributed by atoms with Gasteiger partial charge in [0, 0.05) is 43.7 Å². The van der Waals surface area contributed by atoms with Gasteiger partial charge in [-0.15, -0.1) is 23.7 Å². The Hall–Kier alpha value is -0.650. The summed E-state index contributed by atoms with van der Waals surface area (Å²) in [5, 5.41) is 3.27. The zero-order valence-electron chi connectivity index (χ0n) is 10.9. The Labute approximate surface area is 118 Å². The Kier molecular flexibility index (Phi) is 6.05. The van der Waals surface area contributed by atoms with Crippen molar-refractivity contribution in [3.63, 3.8) is 0 Å². The zero-order chi connectivity index (χ0) is 12.3. The highest BCUT2D eigenvalue weighted by Crippen LogP contribution is 2.13. The summed E-state index contributed by atoms with van der Waals surface area (Å²) >= 11 is 1.72. The third kappa shape index (κ3) is 3.93. The van der Waals surface area contributed by atoms with Crippen LogP contribution in [-0.4, -0.2) is 46.9 Å². The van der Waals surface area contributed by atoms with Gasteiger partial charge in [-0.1, -0.05) is 6.92 Å². The molecule has 1 aliphatic heterocycles. The monoisotopic (exact) mass is 289 g/mol. The van der Waals surface area contributed by atoms with Crippen molar-refractivity contribution in [2.24, 2.45) is 0 Å². The molecule has 1 fully saturated rings. The van der Waals surface area contributed by atoms with Crippen molar-refractivity contribution in [3.8, 4) is 0 Å². The van der Waals surface area contributed by atoms with E-state index < -0.39 is 0 Å². The molecule has 0 N–H and O–H groups in total. The number of piperazine rings is 1. The Morgan fingerprint density at radius 3 is 2.56 bits per heavy atom. The van der Waals surface area contributed by atoms with E-state index in [-0.39, 0.29) is 18.3 Å². The van der Waals surface area contributed by atoms with Crippen LogP contribution in [0.2, 0.25) is 0 Å². The largest absolute Gasteiger partial charge is 0.340 e. The topological polar surface area (TPSA) is 36.4 Å². The van der Waals surface area contributed by atoms with Gasteiger partial charge < -0.3 is 4.90 Å². The minimum absolute atomic E-state index is 0. The van der Waals surface area contributed by atoms with Crippen LogP contribution in [0.5, 0.6) is 0 Å². The van der Waals surface area contributed by atoms with Crippen LogP contribution in [0.3, 0.4) is 0 Å². The second kappa shape index (κ2) is 7.07. The van der Waals surface area contributed by atoms with Gasteiger partial charge in [0.2, 0.25) is 5.91 Å². The van der Waals surface area contributed by atoms with E-state index in [4.69, 9.17) is 0 Å². The molecule has 0 radical (unpaired) electrons. The van der Waals surface area contributed by atoms with E-state index in [1.165, 1.54) is 5.01 Å². The van der Waals surface area contributed by atoms with Crippen LogP contribution in [0.25, 0.3) is 0 Å². The molecule has 2 heterocycles. The number of hydrogen-bond donors (Lipinski definition) is 0. The molecule has 0 saturated carbocycles. The van der Waals surface area contributed by atoms with Crippen molar-refractivity contribution in [1.82, 2.24) is 14.8 Å². The highest BCUT2D eigenvalue weighted by Gasteiger charge is 2.20. The lowest BCUT2D eigenvalue weighted by Gasteiger charge is -2.34. The normalized spacial score (nSPS) is 16.4. The predicted octanol–water partition coefficient (Wildman–Crippen LogP) is 1.93. The second-order valence-electron chi connectivity index (χ2n) is 4.39. The molecule has 102 valence electrons. The molecule has 0 unspecified atom stereocenters. The number of carbonyl (C=O) groups excluding carboxylic acids is 1. The average Bonchev–Trinajstić information content (AvgIpc) is 2.75. The first kappa shape index (κ1) is 15.4. The van der Waals surface area contributed by atoms with Gasteiger partial charge in [-0.25, -0.2) is 4.98 Å². The quantitative estimate of drug-likeness (QED) is 0.853. The molecule has 1 saturated heterocycles. The van der Waals surface area contributed by atoms with Crippen LogP contribution >= 0.6 is 23.7 Å². The van der Waals surface area contributed by atoms with Crippen molar-refractivity contribution in [2.45, 2.75) is 26.8 Å². The first-order valence-electron chi connectivity index (χ1n) is 6.10. The van der Waals surface area contributed by atoms with E-state index in [9.17, 15) is 4.79 Å². The Balaban J connectivity index is 0.00000162. The fourth-order valence-electron chi connectivity index (χ4n) is 2.05. The van der Waals surface area contributed by atoms with Crippen LogP contribution in [0.15, 0.2) is 5.38 Å². The summed E-state index contributed by atoms with van der Waals surface area (Å²) in [5.74, 6) is 0.273. The van der Waals surface area contributed by atoms with Crippen LogP contribution in [0.4, 0.5) is 0 Å². The zero-order valence-corrected chi connectivity index (χ0v) is 12.5. The van der Waals surface area contributed by atoms with Crippen molar-refractivity contribution in [3.05, 3.63) is 16.1 Å². The lowest BCUT2D eigenvalue weighted by molar-refractivity contribution is -0.132. The summed E-state index contributed by atoms with van der Waals surface area (Å²) in [6.45, 7) is 8.51. The number of thiazole rings is 1. The molecule has 0 aliphatic carbocycles. The average molecular weight is 290 g/mol. The van der Waals surface area contributed by atoms with E-state index in [0.29, 0.717) is 6.42 Å². The highest BCUT2D eigenvalue weighted by molar-refractivity contribution is 7.09. The van der Waals surface area contributed by atoms with Crippen LogP contribution in [0, 0.1) is 6.92 Å². The maximum Gasteiger partial charge on any atom is 0.222 e. The summed E-state index contributed by atoms with van der Waals surface area (Å²) in [7, 11) is 0. The van der Waals surface area contributed by atoms with E-state index in [0.717, 1.165) is 38.4 Å². The van der Waals surface area contributed by atoms with Crippen molar-refractivity contribution >= 4 is 29.7 Å². The number of nitrogens with zero attached hydrogens (tertiary/aromatic N) is 3.